The number of carboxylic acid groups (broad SMARTS) is 2. The first kappa shape index (κ1) is 38.0. The Morgan fingerprint density at radius 1 is 0.650 bits per heavy atom. The Morgan fingerprint density at radius 2 is 1.10 bits per heavy atom. The number of hydrogen-bond donors (Lipinski definition) is 3. The summed E-state index contributed by atoms with van der Waals surface area (Å²) in [6, 6.07) is 0. The molecule has 0 rings (SSSR count). The van der Waals surface area contributed by atoms with Gasteiger partial charge in [-0.05, 0) is 25.2 Å². The Morgan fingerprint density at radius 3 is 1.50 bits per heavy atom. The first-order valence-corrected chi connectivity index (χ1v) is 15.9. The van der Waals surface area contributed by atoms with E-state index in [1.54, 1.807) is 0 Å². The molecular formula is C32H58O8. The summed E-state index contributed by atoms with van der Waals surface area (Å²) < 4.78 is 5.29. The number of aliphatic hydroxyl groups is 1. The van der Waals surface area contributed by atoms with Crippen LogP contribution in [-0.2, 0) is 23.9 Å². The maximum absolute atomic E-state index is 12.7. The molecule has 0 saturated heterocycles. The van der Waals surface area contributed by atoms with E-state index in [1.807, 2.05) is 6.92 Å². The molecule has 8 heteroatoms. The van der Waals surface area contributed by atoms with Gasteiger partial charge in [-0.2, -0.15) is 0 Å². The molecule has 0 fully saturated rings. The highest BCUT2D eigenvalue weighted by Crippen LogP contribution is 2.20. The smallest absolute Gasteiger partial charge is 0.336 e. The number of hydrogen-bond acceptors (Lipinski definition) is 6. The molecule has 0 radical (unpaired) electrons. The fourth-order valence-electron chi connectivity index (χ4n) is 4.90. The minimum Gasteiger partial charge on any atom is -0.481 e. The van der Waals surface area contributed by atoms with Gasteiger partial charge in [0.15, 0.2) is 17.5 Å². The number of esters is 1. The average molecular weight is 571 g/mol. The highest BCUT2D eigenvalue weighted by molar-refractivity contribution is 5.90. The second kappa shape index (κ2) is 23.7. The number of ketones is 1. The van der Waals surface area contributed by atoms with Crippen LogP contribution in [0.25, 0.3) is 0 Å². The number of carbonyl (C=O) groups excluding carboxylic acids is 2. The summed E-state index contributed by atoms with van der Waals surface area (Å²) >= 11 is 0. The Kier molecular flexibility index (Phi) is 22.6. The van der Waals surface area contributed by atoms with Gasteiger partial charge >= 0.3 is 17.9 Å². The molecule has 0 heterocycles. The van der Waals surface area contributed by atoms with Crippen molar-refractivity contribution in [2.24, 2.45) is 5.92 Å². The summed E-state index contributed by atoms with van der Waals surface area (Å²) in [4.78, 5) is 47.3. The molecule has 0 saturated carbocycles. The molecule has 0 aromatic rings. The topological polar surface area (TPSA) is 138 Å². The van der Waals surface area contributed by atoms with E-state index in [-0.39, 0.29) is 12.2 Å². The maximum Gasteiger partial charge on any atom is 0.336 e. The van der Waals surface area contributed by atoms with Gasteiger partial charge in [0.05, 0.1) is 12.8 Å². The van der Waals surface area contributed by atoms with E-state index in [0.717, 1.165) is 38.0 Å². The largest absolute Gasteiger partial charge is 0.481 e. The molecule has 0 aliphatic carbocycles. The number of ether oxygens (including phenoxy) is 1. The van der Waals surface area contributed by atoms with E-state index in [1.165, 1.54) is 70.6 Å². The Bertz CT molecular complexity index is 705. The summed E-state index contributed by atoms with van der Waals surface area (Å²) in [6.45, 7) is 6.60. The van der Waals surface area contributed by atoms with Crippen LogP contribution in [0.5, 0.6) is 0 Å². The van der Waals surface area contributed by atoms with Crippen molar-refractivity contribution in [2.75, 3.05) is 0 Å². The lowest BCUT2D eigenvalue weighted by atomic mass is 9.95. The molecule has 2 unspecified atom stereocenters. The van der Waals surface area contributed by atoms with Crippen molar-refractivity contribution >= 4 is 23.7 Å². The molecule has 3 N–H and O–H groups in total. The molecular weight excluding hydrogens is 512 g/mol. The lowest BCUT2D eigenvalue weighted by molar-refractivity contribution is -0.174. The van der Waals surface area contributed by atoms with Crippen LogP contribution < -0.4 is 0 Å². The van der Waals surface area contributed by atoms with Gasteiger partial charge in [0.25, 0.3) is 0 Å². The quantitative estimate of drug-likeness (QED) is 0.0645. The van der Waals surface area contributed by atoms with Crippen molar-refractivity contribution < 1.29 is 39.2 Å². The molecule has 0 amide bonds. The van der Waals surface area contributed by atoms with E-state index in [0.29, 0.717) is 19.3 Å². The molecule has 40 heavy (non-hydrogen) atoms. The molecule has 0 aliphatic heterocycles. The molecule has 0 aromatic heterocycles. The minimum atomic E-state index is -2.77. The number of unbranched alkanes of at least 4 members (excludes halogenated alkanes) is 15. The molecule has 0 spiro atoms. The van der Waals surface area contributed by atoms with Gasteiger partial charge in [0.1, 0.15) is 0 Å². The van der Waals surface area contributed by atoms with Crippen molar-refractivity contribution in [1.82, 2.24) is 0 Å². The highest BCUT2D eigenvalue weighted by Gasteiger charge is 2.42. The molecule has 2 atom stereocenters. The van der Waals surface area contributed by atoms with E-state index >= 15 is 0 Å². The Hall–Kier alpha value is -1.96. The van der Waals surface area contributed by atoms with E-state index < -0.39 is 42.5 Å². The molecule has 8 nitrogen and oxygen atoms in total. The predicted octanol–water partition coefficient (Wildman–Crippen LogP) is 7.63. The minimum absolute atomic E-state index is 0.213. The van der Waals surface area contributed by atoms with E-state index in [9.17, 15) is 29.4 Å². The van der Waals surface area contributed by atoms with Crippen LogP contribution in [0, 0.1) is 5.92 Å². The van der Waals surface area contributed by atoms with E-state index in [4.69, 9.17) is 9.84 Å². The summed E-state index contributed by atoms with van der Waals surface area (Å²) in [7, 11) is 0. The van der Waals surface area contributed by atoms with Crippen LogP contribution in [0.2, 0.25) is 0 Å². The number of Topliss-reactive ketones (excluding diaryl/α,β-unsaturated/α-hetero) is 1. The SMILES string of the molecule is CCCCCC(=O)C(CCCCCCCCCCCCCCCCC(C)C)OC(=O)CC(O)(CC(=O)O)C(=O)O. The second-order valence-electron chi connectivity index (χ2n) is 11.9. The van der Waals surface area contributed by atoms with E-state index in [2.05, 4.69) is 13.8 Å². The van der Waals surface area contributed by atoms with Gasteiger partial charge in [-0.25, -0.2) is 4.79 Å². The molecule has 0 aromatic carbocycles. The molecule has 0 bridgehead atoms. The number of carbonyl (C=O) groups is 4. The number of rotatable bonds is 28. The molecule has 0 aliphatic rings. The normalized spacial score (nSPS) is 13.6. The van der Waals surface area contributed by atoms with Crippen LogP contribution >= 0.6 is 0 Å². The van der Waals surface area contributed by atoms with Gasteiger partial charge in [0.2, 0.25) is 0 Å². The standard InChI is InChI=1S/C32H58O8/c1-4-5-18-22-27(33)28(40-30(36)25-32(39,31(37)38)24-29(34)35)23-20-17-15-13-11-9-7-6-8-10-12-14-16-19-21-26(2)3/h26,28,39H,4-25H2,1-3H3,(H,34,35)(H,37,38). The maximum atomic E-state index is 12.7. The zero-order chi connectivity index (χ0) is 30.2. The second-order valence-corrected chi connectivity index (χ2v) is 11.9. The first-order chi connectivity index (χ1) is 19.0. The lowest BCUT2D eigenvalue weighted by Gasteiger charge is -2.22. The summed E-state index contributed by atoms with van der Waals surface area (Å²) in [5.74, 6) is -3.83. The monoisotopic (exact) mass is 570 g/mol. The Balaban J connectivity index is 4.25. The van der Waals surface area contributed by atoms with Crippen LogP contribution in [-0.4, -0.2) is 50.7 Å². The molecule has 234 valence electrons. The van der Waals surface area contributed by atoms with Crippen LogP contribution in [0.3, 0.4) is 0 Å². The van der Waals surface area contributed by atoms with Crippen molar-refractivity contribution in [3.63, 3.8) is 0 Å². The van der Waals surface area contributed by atoms with Crippen LogP contribution in [0.15, 0.2) is 0 Å². The first-order valence-electron chi connectivity index (χ1n) is 15.9. The summed E-state index contributed by atoms with van der Waals surface area (Å²) in [5, 5.41) is 28.2. The number of carboxylic acids is 2. The van der Waals surface area contributed by atoms with Crippen molar-refractivity contribution in [2.45, 2.75) is 174 Å². The van der Waals surface area contributed by atoms with Crippen molar-refractivity contribution in [3.8, 4) is 0 Å². The fraction of sp³-hybridized carbons (Fsp3) is 0.875. The van der Waals surface area contributed by atoms with Crippen LogP contribution in [0.1, 0.15) is 162 Å². The third-order valence-corrected chi connectivity index (χ3v) is 7.44. The Labute approximate surface area is 242 Å². The average Bonchev–Trinajstić information content (AvgIpc) is 2.86. The lowest BCUT2D eigenvalue weighted by Crippen LogP contribution is -2.44. The summed E-state index contributed by atoms with van der Waals surface area (Å²) in [6.07, 6.45) is 18.3. The third kappa shape index (κ3) is 20.9. The predicted molar refractivity (Wildman–Crippen MR) is 157 cm³/mol. The zero-order valence-corrected chi connectivity index (χ0v) is 25.6. The van der Waals surface area contributed by atoms with Gasteiger partial charge < -0.3 is 20.1 Å². The van der Waals surface area contributed by atoms with Crippen LogP contribution in [0.4, 0.5) is 0 Å². The van der Waals surface area contributed by atoms with Gasteiger partial charge in [-0.1, -0.05) is 124 Å². The summed E-state index contributed by atoms with van der Waals surface area (Å²) in [5.41, 5.74) is -2.77. The fourth-order valence-corrected chi connectivity index (χ4v) is 4.90. The number of aliphatic carboxylic acids is 2. The van der Waals surface area contributed by atoms with Gasteiger partial charge in [-0.15, -0.1) is 0 Å². The zero-order valence-electron chi connectivity index (χ0n) is 25.6. The van der Waals surface area contributed by atoms with Crippen molar-refractivity contribution in [3.05, 3.63) is 0 Å². The van der Waals surface area contributed by atoms with Crippen molar-refractivity contribution in [1.29, 1.82) is 0 Å². The highest BCUT2D eigenvalue weighted by atomic mass is 16.5. The third-order valence-electron chi connectivity index (χ3n) is 7.44. The van der Waals surface area contributed by atoms with Gasteiger partial charge in [0, 0.05) is 6.42 Å². The van der Waals surface area contributed by atoms with Gasteiger partial charge in [-0.3, -0.25) is 14.4 Å².